The molecule has 0 bridgehead atoms. The fourth-order valence-corrected chi connectivity index (χ4v) is 2.63. The molecule has 2 rings (SSSR count). The van der Waals surface area contributed by atoms with Crippen LogP contribution in [0.4, 0.5) is 0 Å². The summed E-state index contributed by atoms with van der Waals surface area (Å²) in [5.41, 5.74) is 0.686. The first-order valence-electron chi connectivity index (χ1n) is 5.17. The average Bonchev–Trinajstić information content (AvgIpc) is 2.04. The quantitative estimate of drug-likeness (QED) is 0.745. The van der Waals surface area contributed by atoms with E-state index in [2.05, 4.69) is 12.2 Å². The second kappa shape index (κ2) is 4.63. The summed E-state index contributed by atoms with van der Waals surface area (Å²) in [6, 6.07) is 0. The van der Waals surface area contributed by atoms with Crippen LogP contribution < -0.4 is 5.32 Å². The van der Waals surface area contributed by atoms with E-state index >= 15 is 0 Å². The minimum Gasteiger partial charge on any atom is -0.378 e. The predicted molar refractivity (Wildman–Crippen MR) is 56.4 cm³/mol. The van der Waals surface area contributed by atoms with E-state index in [1.54, 1.807) is 0 Å². The molecule has 0 unspecified atom stereocenters. The Bertz CT molecular complexity index is 149. The molecule has 1 aliphatic carbocycles. The molecule has 1 saturated carbocycles. The predicted octanol–water partition coefficient (Wildman–Crippen LogP) is 1.98. The largest absolute Gasteiger partial charge is 0.378 e. The van der Waals surface area contributed by atoms with Gasteiger partial charge >= 0.3 is 0 Å². The molecule has 2 nitrogen and oxygen atoms in total. The molecule has 3 heteroatoms. The summed E-state index contributed by atoms with van der Waals surface area (Å²) in [4.78, 5) is 0. The monoisotopic (exact) mass is 205 g/mol. The van der Waals surface area contributed by atoms with Crippen molar-refractivity contribution >= 4 is 12.4 Å². The molecule has 0 aromatic carbocycles. The van der Waals surface area contributed by atoms with Gasteiger partial charge in [-0.2, -0.15) is 0 Å². The molecule has 0 amide bonds. The standard InChI is InChI=1S/C10H19NO.ClH/c1-2-12-9-7-10(8-9)3-5-11-6-4-10;/h9,11H,2-8H2,1H3;1H. The van der Waals surface area contributed by atoms with Crippen LogP contribution in [0.5, 0.6) is 0 Å². The van der Waals surface area contributed by atoms with Gasteiger partial charge in [-0.25, -0.2) is 0 Å². The van der Waals surface area contributed by atoms with Crippen molar-refractivity contribution in [2.45, 2.75) is 38.7 Å². The number of halogens is 1. The van der Waals surface area contributed by atoms with Crippen LogP contribution in [0, 0.1) is 5.41 Å². The Labute approximate surface area is 86.8 Å². The molecule has 2 aliphatic rings. The zero-order valence-electron chi connectivity index (χ0n) is 8.34. The van der Waals surface area contributed by atoms with Crippen LogP contribution in [-0.2, 0) is 4.74 Å². The zero-order chi connectivity index (χ0) is 8.44. The van der Waals surface area contributed by atoms with E-state index in [0.29, 0.717) is 11.5 Å². The molecule has 1 saturated heterocycles. The molecule has 78 valence electrons. The maximum atomic E-state index is 5.58. The third-order valence-electron chi connectivity index (χ3n) is 3.39. The lowest BCUT2D eigenvalue weighted by atomic mass is 9.62. The highest BCUT2D eigenvalue weighted by molar-refractivity contribution is 5.85. The topological polar surface area (TPSA) is 21.3 Å². The summed E-state index contributed by atoms with van der Waals surface area (Å²) in [5.74, 6) is 0. The van der Waals surface area contributed by atoms with Crippen LogP contribution in [0.15, 0.2) is 0 Å². The number of ether oxygens (including phenoxy) is 1. The van der Waals surface area contributed by atoms with E-state index in [9.17, 15) is 0 Å². The van der Waals surface area contributed by atoms with E-state index < -0.39 is 0 Å². The van der Waals surface area contributed by atoms with Gasteiger partial charge in [0.15, 0.2) is 0 Å². The van der Waals surface area contributed by atoms with Crippen molar-refractivity contribution in [2.75, 3.05) is 19.7 Å². The van der Waals surface area contributed by atoms with Crippen LogP contribution >= 0.6 is 12.4 Å². The maximum absolute atomic E-state index is 5.58. The highest BCUT2D eigenvalue weighted by Crippen LogP contribution is 2.48. The van der Waals surface area contributed by atoms with Gasteiger partial charge in [0.1, 0.15) is 0 Å². The molecule has 13 heavy (non-hydrogen) atoms. The molecule has 1 heterocycles. The van der Waals surface area contributed by atoms with Crippen molar-refractivity contribution in [3.05, 3.63) is 0 Å². The van der Waals surface area contributed by atoms with Crippen LogP contribution in [0.25, 0.3) is 0 Å². The summed E-state index contributed by atoms with van der Waals surface area (Å²) >= 11 is 0. The number of nitrogens with one attached hydrogen (secondary N) is 1. The Morgan fingerprint density at radius 1 is 1.31 bits per heavy atom. The van der Waals surface area contributed by atoms with E-state index in [-0.39, 0.29) is 12.4 Å². The summed E-state index contributed by atoms with van der Waals surface area (Å²) in [6.45, 7) is 5.42. The van der Waals surface area contributed by atoms with Gasteiger partial charge < -0.3 is 10.1 Å². The molecule has 0 aromatic rings. The highest BCUT2D eigenvalue weighted by atomic mass is 35.5. The van der Waals surface area contributed by atoms with Crippen molar-refractivity contribution in [1.29, 1.82) is 0 Å². The molecule has 0 atom stereocenters. The molecule has 2 fully saturated rings. The summed E-state index contributed by atoms with van der Waals surface area (Å²) in [5, 5.41) is 3.41. The average molecular weight is 206 g/mol. The number of hydrogen-bond donors (Lipinski definition) is 1. The molecule has 0 radical (unpaired) electrons. The lowest BCUT2D eigenvalue weighted by Crippen LogP contribution is -2.48. The van der Waals surface area contributed by atoms with Gasteiger partial charge in [0.05, 0.1) is 6.10 Å². The molecule has 0 aromatic heterocycles. The minimum absolute atomic E-state index is 0. The molecule has 1 spiro atoms. The second-order valence-electron chi connectivity index (χ2n) is 4.24. The van der Waals surface area contributed by atoms with Gasteiger partial charge in [-0.15, -0.1) is 12.4 Å². The number of piperidine rings is 1. The SMILES string of the molecule is CCOC1CC2(CCNCC2)C1.Cl. The van der Waals surface area contributed by atoms with Gasteiger partial charge in [0.2, 0.25) is 0 Å². The molecule has 1 N–H and O–H groups in total. The Balaban J connectivity index is 0.000000845. The van der Waals surface area contributed by atoms with Crippen molar-refractivity contribution in [1.82, 2.24) is 5.32 Å². The van der Waals surface area contributed by atoms with Crippen molar-refractivity contribution in [2.24, 2.45) is 5.41 Å². The highest BCUT2D eigenvalue weighted by Gasteiger charge is 2.44. The third-order valence-corrected chi connectivity index (χ3v) is 3.39. The minimum atomic E-state index is 0. The zero-order valence-corrected chi connectivity index (χ0v) is 9.16. The van der Waals surface area contributed by atoms with Gasteiger partial charge in [-0.05, 0) is 51.1 Å². The fraction of sp³-hybridized carbons (Fsp3) is 1.00. The molecular formula is C10H20ClNO. The molecule has 1 aliphatic heterocycles. The maximum Gasteiger partial charge on any atom is 0.0585 e. The first-order valence-corrected chi connectivity index (χ1v) is 5.17. The van der Waals surface area contributed by atoms with Crippen molar-refractivity contribution < 1.29 is 4.74 Å². The molecular weight excluding hydrogens is 186 g/mol. The normalized spacial score (nSPS) is 26.5. The van der Waals surface area contributed by atoms with Crippen LogP contribution in [0.2, 0.25) is 0 Å². The van der Waals surface area contributed by atoms with Crippen LogP contribution in [-0.4, -0.2) is 25.8 Å². The Kier molecular flexibility index (Phi) is 4.02. The first-order chi connectivity index (χ1) is 5.85. The fourth-order valence-electron chi connectivity index (χ4n) is 2.63. The van der Waals surface area contributed by atoms with E-state index in [0.717, 1.165) is 6.61 Å². The summed E-state index contributed by atoms with van der Waals surface area (Å²) < 4.78 is 5.58. The van der Waals surface area contributed by atoms with Crippen molar-refractivity contribution in [3.8, 4) is 0 Å². The van der Waals surface area contributed by atoms with Gasteiger partial charge in [0, 0.05) is 6.61 Å². The Morgan fingerprint density at radius 2 is 1.92 bits per heavy atom. The van der Waals surface area contributed by atoms with E-state index in [1.165, 1.54) is 38.8 Å². The number of hydrogen-bond acceptors (Lipinski definition) is 2. The lowest BCUT2D eigenvalue weighted by Gasteiger charge is -2.50. The Morgan fingerprint density at radius 3 is 2.46 bits per heavy atom. The second-order valence-corrected chi connectivity index (χ2v) is 4.24. The third kappa shape index (κ3) is 2.36. The summed E-state index contributed by atoms with van der Waals surface area (Å²) in [6.07, 6.45) is 5.98. The van der Waals surface area contributed by atoms with Gasteiger partial charge in [-0.1, -0.05) is 0 Å². The number of rotatable bonds is 2. The van der Waals surface area contributed by atoms with Gasteiger partial charge in [-0.3, -0.25) is 0 Å². The van der Waals surface area contributed by atoms with Crippen molar-refractivity contribution in [3.63, 3.8) is 0 Å². The lowest BCUT2D eigenvalue weighted by molar-refractivity contribution is -0.0892. The van der Waals surface area contributed by atoms with E-state index in [1.807, 2.05) is 0 Å². The Hall–Kier alpha value is 0.210. The van der Waals surface area contributed by atoms with Crippen LogP contribution in [0.3, 0.4) is 0 Å². The smallest absolute Gasteiger partial charge is 0.0585 e. The summed E-state index contributed by atoms with van der Waals surface area (Å²) in [7, 11) is 0. The first kappa shape index (κ1) is 11.3. The van der Waals surface area contributed by atoms with Crippen LogP contribution in [0.1, 0.15) is 32.6 Å². The van der Waals surface area contributed by atoms with E-state index in [4.69, 9.17) is 4.74 Å². The van der Waals surface area contributed by atoms with Gasteiger partial charge in [0.25, 0.3) is 0 Å².